The number of rotatable bonds is 0. The molecular weight excluding hydrogens is 165 g/mol. The Kier molecular flexibility index (Phi) is 14.8. The molecule has 0 atom stereocenters. The summed E-state index contributed by atoms with van der Waals surface area (Å²) in [5.74, 6) is 0. The van der Waals surface area contributed by atoms with Crippen molar-refractivity contribution in [2.75, 3.05) is 0 Å². The van der Waals surface area contributed by atoms with Gasteiger partial charge in [0, 0.05) is 0 Å². The molecule has 0 aliphatic rings. The van der Waals surface area contributed by atoms with E-state index in [0.717, 1.165) is 0 Å². The summed E-state index contributed by atoms with van der Waals surface area (Å²) in [4.78, 5) is 8.11. The molecule has 9 heteroatoms. The Hall–Kier alpha value is 0.270. The third-order valence-electron chi connectivity index (χ3n) is 0. The Morgan fingerprint density at radius 3 is 1.33 bits per heavy atom. The van der Waals surface area contributed by atoms with E-state index in [1.807, 2.05) is 0 Å². The minimum Gasteiger partial charge on any atom is -1.00 e. The molecule has 0 spiro atoms. The molecule has 0 aliphatic heterocycles. The summed E-state index contributed by atoms with van der Waals surface area (Å²) in [6, 6.07) is 0. The van der Waals surface area contributed by atoms with E-state index in [4.69, 9.17) is 27.6 Å². The van der Waals surface area contributed by atoms with Crippen LogP contribution in [0.3, 0.4) is 0 Å². The Balaban J connectivity index is -0.0000000326. The standard InChI is InChI=1S/HNO2.Na.H2O4S.H/c2-1-3;;1-5(2,3)4;/h(H,2,3);;(H2,1,2,3,4);/q;+1;;-1. The van der Waals surface area contributed by atoms with Crippen molar-refractivity contribution in [2.24, 2.45) is 5.34 Å². The van der Waals surface area contributed by atoms with Crippen molar-refractivity contribution in [3.05, 3.63) is 4.91 Å². The first-order valence-corrected chi connectivity index (χ1v) is 2.48. The van der Waals surface area contributed by atoms with Crippen LogP contribution in [0.15, 0.2) is 5.34 Å². The van der Waals surface area contributed by atoms with Gasteiger partial charge in [-0.15, -0.1) is 4.91 Å². The van der Waals surface area contributed by atoms with Gasteiger partial charge in [0.1, 0.15) is 0 Å². The maximum atomic E-state index is 8.74. The van der Waals surface area contributed by atoms with Crippen molar-refractivity contribution < 1.29 is 53.7 Å². The molecule has 3 N–H and O–H groups in total. The number of hydrogen-bond donors (Lipinski definition) is 3. The molecule has 0 aromatic carbocycles. The van der Waals surface area contributed by atoms with Gasteiger partial charge >= 0.3 is 40.0 Å². The number of nitrogens with zero attached hydrogens (tertiary/aromatic N) is 1. The van der Waals surface area contributed by atoms with Crippen LogP contribution in [0.5, 0.6) is 0 Å². The van der Waals surface area contributed by atoms with Gasteiger partial charge in [-0.3, -0.25) is 9.11 Å². The molecule has 0 aromatic rings. The topological polar surface area (TPSA) is 124 Å². The van der Waals surface area contributed by atoms with Crippen LogP contribution < -0.4 is 29.6 Å². The van der Waals surface area contributed by atoms with Gasteiger partial charge in [0.2, 0.25) is 0 Å². The maximum absolute atomic E-state index is 8.74. The monoisotopic (exact) mass is 169 g/mol. The van der Waals surface area contributed by atoms with E-state index in [9.17, 15) is 0 Å². The molecule has 0 saturated carbocycles. The normalized spacial score (nSPS) is 7.78. The third-order valence-corrected chi connectivity index (χ3v) is 0. The molecule has 0 radical (unpaired) electrons. The van der Waals surface area contributed by atoms with E-state index in [1.54, 1.807) is 0 Å². The first-order valence-electron chi connectivity index (χ1n) is 1.08. The summed E-state index contributed by atoms with van der Waals surface area (Å²) in [5.41, 5.74) is 0. The van der Waals surface area contributed by atoms with E-state index in [2.05, 4.69) is 0 Å². The smallest absolute Gasteiger partial charge is 1.00 e. The van der Waals surface area contributed by atoms with Gasteiger partial charge in [-0.05, 0) is 0 Å². The van der Waals surface area contributed by atoms with E-state index in [-0.39, 0.29) is 31.0 Å². The summed E-state index contributed by atoms with van der Waals surface area (Å²) < 4.78 is 31.6. The van der Waals surface area contributed by atoms with Crippen LogP contribution in [-0.4, -0.2) is 22.7 Å². The van der Waals surface area contributed by atoms with Gasteiger partial charge in [0.25, 0.3) is 0 Å². The van der Waals surface area contributed by atoms with Crippen LogP contribution in [0.25, 0.3) is 0 Å². The predicted octanol–water partition coefficient (Wildman–Crippen LogP) is -3.39. The fourth-order valence-electron chi connectivity index (χ4n) is 0. The quantitative estimate of drug-likeness (QED) is 0.150. The molecule has 0 aliphatic carbocycles. The van der Waals surface area contributed by atoms with Crippen molar-refractivity contribution in [1.82, 2.24) is 0 Å². The molecule has 7 nitrogen and oxygen atoms in total. The summed E-state index contributed by atoms with van der Waals surface area (Å²) in [5, 5.41) is 7.89. The van der Waals surface area contributed by atoms with Gasteiger partial charge in [0.05, 0.1) is 0 Å². The molecule has 52 valence electrons. The minimum atomic E-state index is -4.67. The van der Waals surface area contributed by atoms with Crippen molar-refractivity contribution in [3.63, 3.8) is 0 Å². The number of hydrogen-bond acceptors (Lipinski definition) is 4. The van der Waals surface area contributed by atoms with Crippen LogP contribution in [0, 0.1) is 4.91 Å². The van der Waals surface area contributed by atoms with Crippen molar-refractivity contribution in [1.29, 1.82) is 0 Å². The molecule has 0 bridgehead atoms. The fraction of sp³-hybridized carbons (Fsp3) is 0. The largest absolute Gasteiger partial charge is 1.00 e. The van der Waals surface area contributed by atoms with Gasteiger partial charge in [-0.1, -0.05) is 0 Å². The molecule has 0 aromatic heterocycles. The van der Waals surface area contributed by atoms with Crippen LogP contribution >= 0.6 is 0 Å². The molecular formula is H4NNaO6S. The second-order valence-electron chi connectivity index (χ2n) is 0.529. The van der Waals surface area contributed by atoms with Gasteiger partial charge in [-0.2, -0.15) is 8.42 Å². The van der Waals surface area contributed by atoms with E-state index < -0.39 is 10.4 Å². The summed E-state index contributed by atoms with van der Waals surface area (Å²) in [6.07, 6.45) is 0. The fourth-order valence-corrected chi connectivity index (χ4v) is 0. The van der Waals surface area contributed by atoms with Gasteiger partial charge in [0.15, 0.2) is 5.34 Å². The molecule has 0 rings (SSSR count). The first kappa shape index (κ1) is 16.1. The Morgan fingerprint density at radius 2 is 1.33 bits per heavy atom. The van der Waals surface area contributed by atoms with Crippen LogP contribution in [0.4, 0.5) is 0 Å². The summed E-state index contributed by atoms with van der Waals surface area (Å²) in [6.45, 7) is 0. The molecule has 9 heavy (non-hydrogen) atoms. The maximum Gasteiger partial charge on any atom is 1.00 e. The molecule has 0 saturated heterocycles. The molecule has 0 fully saturated rings. The van der Waals surface area contributed by atoms with Gasteiger partial charge in [-0.25, -0.2) is 0 Å². The Bertz CT molecular complexity index is 132. The molecule has 0 heterocycles. The van der Waals surface area contributed by atoms with Crippen molar-refractivity contribution in [3.8, 4) is 0 Å². The van der Waals surface area contributed by atoms with Crippen LogP contribution in [-0.2, 0) is 10.4 Å². The average Bonchev–Trinajstić information content (AvgIpc) is 1.27. The molecule has 0 unspecified atom stereocenters. The second kappa shape index (κ2) is 8.27. The zero-order chi connectivity index (χ0) is 7.21. The average molecular weight is 169 g/mol. The first-order chi connectivity index (χ1) is 3.41. The molecule has 0 amide bonds. The Labute approximate surface area is 74.4 Å². The second-order valence-corrected chi connectivity index (χ2v) is 1.43. The predicted molar refractivity (Wildman–Crippen MR) is 22.9 cm³/mol. The van der Waals surface area contributed by atoms with E-state index >= 15 is 0 Å². The van der Waals surface area contributed by atoms with Crippen LogP contribution in [0.2, 0.25) is 0 Å². The van der Waals surface area contributed by atoms with Crippen LogP contribution in [0.1, 0.15) is 1.43 Å². The van der Waals surface area contributed by atoms with Crippen molar-refractivity contribution >= 4 is 10.4 Å². The summed E-state index contributed by atoms with van der Waals surface area (Å²) in [7, 11) is -4.67. The van der Waals surface area contributed by atoms with Gasteiger partial charge < -0.3 is 6.63 Å². The van der Waals surface area contributed by atoms with E-state index in [0.29, 0.717) is 0 Å². The Morgan fingerprint density at radius 1 is 1.33 bits per heavy atom. The third kappa shape index (κ3) is 4460. The zero-order valence-corrected chi connectivity index (χ0v) is 7.24. The van der Waals surface area contributed by atoms with Crippen molar-refractivity contribution in [2.45, 2.75) is 0 Å². The SMILES string of the molecule is O=NO.O=S(=O)(O)O.[H-].[Na+]. The zero-order valence-electron chi connectivity index (χ0n) is 5.42. The summed E-state index contributed by atoms with van der Waals surface area (Å²) >= 11 is 0. The van der Waals surface area contributed by atoms with E-state index in [1.165, 1.54) is 5.34 Å². The minimum absolute atomic E-state index is 0.